The number of carbonyl (C=O) groups excluding carboxylic acids is 1. The number of benzene rings is 1. The van der Waals surface area contributed by atoms with Crippen LogP contribution in [0, 0.1) is 0 Å². The summed E-state index contributed by atoms with van der Waals surface area (Å²) in [6.45, 7) is 0. The molecule has 1 aromatic heterocycles. The van der Waals surface area contributed by atoms with Crippen molar-refractivity contribution >= 4 is 11.9 Å². The first-order valence-electron chi connectivity index (χ1n) is 7.19. The lowest BCUT2D eigenvalue weighted by Crippen LogP contribution is -2.52. The van der Waals surface area contributed by atoms with Crippen LogP contribution in [-0.4, -0.2) is 27.7 Å². The van der Waals surface area contributed by atoms with Gasteiger partial charge >= 0.3 is 5.97 Å². The molecule has 6 heteroatoms. The van der Waals surface area contributed by atoms with Gasteiger partial charge in [-0.2, -0.15) is 0 Å². The Labute approximate surface area is 127 Å². The number of aliphatic carboxylic acids is 1. The van der Waals surface area contributed by atoms with Crippen LogP contribution in [0.4, 0.5) is 0 Å². The summed E-state index contributed by atoms with van der Waals surface area (Å²) in [5.74, 6) is -1.04. The Kier molecular flexibility index (Phi) is 3.66. The quantitative estimate of drug-likeness (QED) is 0.905. The van der Waals surface area contributed by atoms with Crippen molar-refractivity contribution in [2.24, 2.45) is 0 Å². The molecule has 2 aromatic rings. The first-order chi connectivity index (χ1) is 10.6. The average Bonchev–Trinajstić information content (AvgIpc) is 3.18. The van der Waals surface area contributed by atoms with Crippen molar-refractivity contribution < 1.29 is 19.2 Å². The van der Waals surface area contributed by atoms with E-state index in [1.807, 2.05) is 30.3 Å². The highest BCUT2D eigenvalue weighted by molar-refractivity contribution is 5.97. The fraction of sp³-hybridized carbons (Fsp3) is 0.312. The van der Waals surface area contributed by atoms with Gasteiger partial charge in [0.2, 0.25) is 0 Å². The second-order valence-corrected chi connectivity index (χ2v) is 5.49. The highest BCUT2D eigenvalue weighted by Crippen LogP contribution is 2.30. The van der Waals surface area contributed by atoms with E-state index in [1.165, 1.54) is 6.07 Å². The van der Waals surface area contributed by atoms with Crippen LogP contribution in [0.25, 0.3) is 11.3 Å². The molecule has 0 radical (unpaired) electrons. The number of hydrogen-bond acceptors (Lipinski definition) is 4. The van der Waals surface area contributed by atoms with Gasteiger partial charge in [0.05, 0.1) is 0 Å². The molecular formula is C16H16N2O4. The SMILES string of the molecule is O=C(NC1(C(=O)O)CCCC1)c1cc(-c2ccccc2)on1. The minimum absolute atomic E-state index is 0.0892. The van der Waals surface area contributed by atoms with E-state index in [0.717, 1.165) is 18.4 Å². The molecule has 0 spiro atoms. The van der Waals surface area contributed by atoms with E-state index in [-0.39, 0.29) is 5.69 Å². The van der Waals surface area contributed by atoms with Gasteiger partial charge in [-0.3, -0.25) is 4.79 Å². The van der Waals surface area contributed by atoms with Gasteiger partial charge in [0.25, 0.3) is 5.91 Å². The summed E-state index contributed by atoms with van der Waals surface area (Å²) < 4.78 is 5.17. The molecule has 1 saturated carbocycles. The zero-order chi connectivity index (χ0) is 15.6. The summed E-state index contributed by atoms with van der Waals surface area (Å²) >= 11 is 0. The molecule has 1 fully saturated rings. The second kappa shape index (κ2) is 5.63. The number of carboxylic acids is 1. The third-order valence-corrected chi connectivity index (χ3v) is 4.02. The predicted octanol–water partition coefficient (Wildman–Crippen LogP) is 2.47. The Morgan fingerprint density at radius 1 is 1.18 bits per heavy atom. The van der Waals surface area contributed by atoms with Crippen LogP contribution >= 0.6 is 0 Å². The van der Waals surface area contributed by atoms with Gasteiger partial charge in [-0.15, -0.1) is 0 Å². The Hall–Kier alpha value is -2.63. The highest BCUT2D eigenvalue weighted by atomic mass is 16.5. The highest BCUT2D eigenvalue weighted by Gasteiger charge is 2.43. The van der Waals surface area contributed by atoms with E-state index in [4.69, 9.17) is 4.52 Å². The Balaban J connectivity index is 1.79. The maximum Gasteiger partial charge on any atom is 0.329 e. The smallest absolute Gasteiger partial charge is 0.329 e. The molecule has 1 aliphatic carbocycles. The van der Waals surface area contributed by atoms with Crippen LogP contribution in [0.1, 0.15) is 36.2 Å². The monoisotopic (exact) mass is 300 g/mol. The number of nitrogens with one attached hydrogen (secondary N) is 1. The normalized spacial score (nSPS) is 16.4. The number of carbonyl (C=O) groups is 2. The predicted molar refractivity (Wildman–Crippen MR) is 78.2 cm³/mol. The number of aromatic nitrogens is 1. The lowest BCUT2D eigenvalue weighted by molar-refractivity contribution is -0.144. The second-order valence-electron chi connectivity index (χ2n) is 5.49. The van der Waals surface area contributed by atoms with Gasteiger partial charge < -0.3 is 14.9 Å². The molecule has 1 aromatic carbocycles. The number of amides is 1. The molecule has 114 valence electrons. The molecule has 0 bridgehead atoms. The third-order valence-electron chi connectivity index (χ3n) is 4.02. The van der Waals surface area contributed by atoms with Crippen LogP contribution in [0.3, 0.4) is 0 Å². The summed E-state index contributed by atoms with van der Waals surface area (Å²) in [6.07, 6.45) is 2.47. The molecular weight excluding hydrogens is 284 g/mol. The van der Waals surface area contributed by atoms with Crippen molar-refractivity contribution in [3.63, 3.8) is 0 Å². The molecule has 0 unspecified atom stereocenters. The molecule has 0 aliphatic heterocycles. The summed E-state index contributed by atoms with van der Waals surface area (Å²) in [6, 6.07) is 10.8. The summed E-state index contributed by atoms with van der Waals surface area (Å²) in [4.78, 5) is 23.7. The van der Waals surface area contributed by atoms with E-state index in [2.05, 4.69) is 10.5 Å². The number of carboxylic acid groups (broad SMARTS) is 1. The van der Waals surface area contributed by atoms with Gasteiger partial charge in [-0.05, 0) is 12.8 Å². The number of hydrogen-bond donors (Lipinski definition) is 2. The standard InChI is InChI=1S/C16H16N2O4/c19-14(17-16(15(20)21)8-4-5-9-16)12-10-13(22-18-12)11-6-2-1-3-7-11/h1-3,6-7,10H,4-5,8-9H2,(H,17,19)(H,20,21). The van der Waals surface area contributed by atoms with Crippen LogP contribution in [0.15, 0.2) is 40.9 Å². The van der Waals surface area contributed by atoms with Crippen LogP contribution in [0.5, 0.6) is 0 Å². The van der Waals surface area contributed by atoms with Gasteiger partial charge in [-0.25, -0.2) is 4.79 Å². The third kappa shape index (κ3) is 2.59. The summed E-state index contributed by atoms with van der Waals surface area (Å²) in [5.41, 5.74) is -0.280. The fourth-order valence-corrected chi connectivity index (χ4v) is 2.77. The number of nitrogens with zero attached hydrogens (tertiary/aromatic N) is 1. The van der Waals surface area contributed by atoms with Gasteiger partial charge in [0.15, 0.2) is 11.5 Å². The van der Waals surface area contributed by atoms with Crippen molar-refractivity contribution in [1.29, 1.82) is 0 Å². The van der Waals surface area contributed by atoms with E-state index < -0.39 is 17.4 Å². The maximum atomic E-state index is 12.3. The molecule has 1 aliphatic rings. The molecule has 1 amide bonds. The molecule has 6 nitrogen and oxygen atoms in total. The van der Waals surface area contributed by atoms with E-state index >= 15 is 0 Å². The summed E-state index contributed by atoms with van der Waals surface area (Å²) in [5, 5.41) is 15.7. The zero-order valence-electron chi connectivity index (χ0n) is 11.9. The average molecular weight is 300 g/mol. The fourth-order valence-electron chi connectivity index (χ4n) is 2.77. The lowest BCUT2D eigenvalue weighted by Gasteiger charge is -2.24. The Morgan fingerprint density at radius 3 is 2.50 bits per heavy atom. The number of rotatable bonds is 4. The van der Waals surface area contributed by atoms with E-state index in [1.54, 1.807) is 0 Å². The van der Waals surface area contributed by atoms with Crippen LogP contribution in [0.2, 0.25) is 0 Å². The molecule has 0 saturated heterocycles. The minimum atomic E-state index is -1.18. The van der Waals surface area contributed by atoms with Crippen molar-refractivity contribution in [1.82, 2.24) is 10.5 Å². The lowest BCUT2D eigenvalue weighted by atomic mass is 9.97. The van der Waals surface area contributed by atoms with Crippen LogP contribution < -0.4 is 5.32 Å². The summed E-state index contributed by atoms with van der Waals surface area (Å²) in [7, 11) is 0. The van der Waals surface area contributed by atoms with Gasteiger partial charge in [-0.1, -0.05) is 48.3 Å². The molecule has 0 atom stereocenters. The van der Waals surface area contributed by atoms with Crippen molar-refractivity contribution in [3.05, 3.63) is 42.1 Å². The van der Waals surface area contributed by atoms with E-state index in [9.17, 15) is 14.7 Å². The topological polar surface area (TPSA) is 92.4 Å². The van der Waals surface area contributed by atoms with Gasteiger partial charge in [0, 0.05) is 11.6 Å². The first kappa shape index (κ1) is 14.3. The van der Waals surface area contributed by atoms with Crippen molar-refractivity contribution in [2.75, 3.05) is 0 Å². The van der Waals surface area contributed by atoms with Crippen molar-refractivity contribution in [2.45, 2.75) is 31.2 Å². The van der Waals surface area contributed by atoms with Gasteiger partial charge in [0.1, 0.15) is 5.54 Å². The molecule has 3 rings (SSSR count). The molecule has 22 heavy (non-hydrogen) atoms. The largest absolute Gasteiger partial charge is 0.480 e. The van der Waals surface area contributed by atoms with Crippen LogP contribution in [-0.2, 0) is 4.79 Å². The first-order valence-corrected chi connectivity index (χ1v) is 7.19. The molecule has 2 N–H and O–H groups in total. The van der Waals surface area contributed by atoms with E-state index in [0.29, 0.717) is 18.6 Å². The zero-order valence-corrected chi connectivity index (χ0v) is 11.9. The molecule has 1 heterocycles. The Morgan fingerprint density at radius 2 is 1.86 bits per heavy atom. The van der Waals surface area contributed by atoms with Crippen molar-refractivity contribution in [3.8, 4) is 11.3 Å². The maximum absolute atomic E-state index is 12.3. The Bertz CT molecular complexity index is 687. The minimum Gasteiger partial charge on any atom is -0.480 e.